The summed E-state index contributed by atoms with van der Waals surface area (Å²) in [6.07, 6.45) is 0. The third-order valence-corrected chi connectivity index (χ3v) is 6.70. The monoisotopic (exact) mass is 360 g/mol. The molecule has 5 nitrogen and oxygen atoms in total. The largest absolute Gasteiger partial charge is 0.496 e. The van der Waals surface area contributed by atoms with Crippen molar-refractivity contribution in [1.29, 1.82) is 0 Å². The lowest BCUT2D eigenvalue weighted by Gasteiger charge is -2.37. The lowest BCUT2D eigenvalue weighted by Crippen LogP contribution is -2.49. The molecule has 1 saturated heterocycles. The zero-order valence-corrected chi connectivity index (χ0v) is 15.4. The highest BCUT2D eigenvalue weighted by molar-refractivity contribution is 7.89. The topological polar surface area (TPSA) is 49.9 Å². The SMILES string of the molecule is COc1ccccc1C(C)N1CCN(S(=O)(=O)c2ccccc2)CC1. The molecule has 0 bridgehead atoms. The minimum Gasteiger partial charge on any atom is -0.496 e. The van der Waals surface area contributed by atoms with Gasteiger partial charge in [-0.2, -0.15) is 4.31 Å². The first kappa shape index (κ1) is 17.9. The van der Waals surface area contributed by atoms with Crippen molar-refractivity contribution in [2.45, 2.75) is 17.9 Å². The van der Waals surface area contributed by atoms with Crippen molar-refractivity contribution in [1.82, 2.24) is 9.21 Å². The molecule has 1 aliphatic rings. The second-order valence-electron chi connectivity index (χ2n) is 6.17. The minimum absolute atomic E-state index is 0.178. The Kier molecular flexibility index (Phi) is 5.42. The van der Waals surface area contributed by atoms with Crippen LogP contribution in [0.2, 0.25) is 0 Å². The predicted octanol–water partition coefficient (Wildman–Crippen LogP) is 2.76. The van der Waals surface area contributed by atoms with Crippen LogP contribution < -0.4 is 4.74 Å². The first-order chi connectivity index (χ1) is 12.0. The van der Waals surface area contributed by atoms with E-state index in [-0.39, 0.29) is 6.04 Å². The molecule has 6 heteroatoms. The Morgan fingerprint density at radius 3 is 2.16 bits per heavy atom. The number of para-hydroxylation sites is 1. The molecule has 1 fully saturated rings. The van der Waals surface area contributed by atoms with Crippen LogP contribution in [0.25, 0.3) is 0 Å². The van der Waals surface area contributed by atoms with E-state index in [0.29, 0.717) is 31.1 Å². The van der Waals surface area contributed by atoms with Crippen LogP contribution in [0.3, 0.4) is 0 Å². The van der Waals surface area contributed by atoms with Crippen LogP contribution in [-0.2, 0) is 10.0 Å². The zero-order valence-electron chi connectivity index (χ0n) is 14.6. The Balaban J connectivity index is 1.70. The van der Waals surface area contributed by atoms with Gasteiger partial charge in [-0.05, 0) is 25.1 Å². The summed E-state index contributed by atoms with van der Waals surface area (Å²) in [5.74, 6) is 0.870. The molecule has 0 spiro atoms. The van der Waals surface area contributed by atoms with Crippen molar-refractivity contribution < 1.29 is 13.2 Å². The maximum Gasteiger partial charge on any atom is 0.243 e. The molecule has 1 heterocycles. The Hall–Kier alpha value is -1.89. The number of benzene rings is 2. The van der Waals surface area contributed by atoms with E-state index in [9.17, 15) is 8.42 Å². The molecule has 0 amide bonds. The summed E-state index contributed by atoms with van der Waals surface area (Å²) in [5, 5.41) is 0. The number of ether oxygens (including phenoxy) is 1. The molecule has 2 aromatic carbocycles. The fraction of sp³-hybridized carbons (Fsp3) is 0.368. The number of hydrogen-bond donors (Lipinski definition) is 0. The van der Waals surface area contributed by atoms with E-state index < -0.39 is 10.0 Å². The first-order valence-corrected chi connectivity index (χ1v) is 9.90. The second kappa shape index (κ2) is 7.56. The number of rotatable bonds is 5. The lowest BCUT2D eigenvalue weighted by atomic mass is 10.1. The van der Waals surface area contributed by atoms with Crippen LogP contribution in [0.15, 0.2) is 59.5 Å². The highest BCUT2D eigenvalue weighted by atomic mass is 32.2. The van der Waals surface area contributed by atoms with Crippen molar-refractivity contribution in [2.75, 3.05) is 33.3 Å². The summed E-state index contributed by atoms with van der Waals surface area (Å²) in [7, 11) is -1.73. The van der Waals surface area contributed by atoms with Gasteiger partial charge in [0.2, 0.25) is 10.0 Å². The van der Waals surface area contributed by atoms with E-state index in [4.69, 9.17) is 4.74 Å². The van der Waals surface area contributed by atoms with Crippen LogP contribution >= 0.6 is 0 Å². The van der Waals surface area contributed by atoms with Crippen molar-refractivity contribution in [3.63, 3.8) is 0 Å². The summed E-state index contributed by atoms with van der Waals surface area (Å²) in [4.78, 5) is 2.66. The molecule has 2 aromatic rings. The average molecular weight is 360 g/mol. The fourth-order valence-corrected chi connectivity index (χ4v) is 4.72. The lowest BCUT2D eigenvalue weighted by molar-refractivity contribution is 0.144. The minimum atomic E-state index is -3.41. The number of piperazine rings is 1. The van der Waals surface area contributed by atoms with E-state index >= 15 is 0 Å². The van der Waals surface area contributed by atoms with Gasteiger partial charge in [0.1, 0.15) is 5.75 Å². The van der Waals surface area contributed by atoms with Gasteiger partial charge in [-0.15, -0.1) is 0 Å². The molecule has 1 aliphatic heterocycles. The average Bonchev–Trinajstić information content (AvgIpc) is 2.68. The molecule has 0 saturated carbocycles. The number of nitrogens with zero attached hydrogens (tertiary/aromatic N) is 2. The smallest absolute Gasteiger partial charge is 0.243 e. The molecule has 0 radical (unpaired) electrons. The summed E-state index contributed by atoms with van der Waals surface area (Å²) >= 11 is 0. The molecule has 1 atom stereocenters. The van der Waals surface area contributed by atoms with Crippen molar-refractivity contribution in [3.05, 3.63) is 60.2 Å². The second-order valence-corrected chi connectivity index (χ2v) is 8.11. The van der Waals surface area contributed by atoms with Gasteiger partial charge in [-0.3, -0.25) is 4.90 Å². The normalized spacial score (nSPS) is 18.0. The summed E-state index contributed by atoms with van der Waals surface area (Å²) in [6.45, 7) is 4.53. The van der Waals surface area contributed by atoms with E-state index in [0.717, 1.165) is 11.3 Å². The molecular formula is C19H24N2O3S. The Bertz CT molecular complexity index is 800. The Morgan fingerprint density at radius 1 is 0.920 bits per heavy atom. The molecule has 3 rings (SSSR count). The van der Waals surface area contributed by atoms with Gasteiger partial charge in [0.15, 0.2) is 0 Å². The summed E-state index contributed by atoms with van der Waals surface area (Å²) in [5.41, 5.74) is 1.13. The van der Waals surface area contributed by atoms with E-state index in [1.54, 1.807) is 35.7 Å². The quantitative estimate of drug-likeness (QED) is 0.823. The van der Waals surface area contributed by atoms with E-state index in [1.165, 1.54) is 0 Å². The maximum atomic E-state index is 12.7. The van der Waals surface area contributed by atoms with Crippen molar-refractivity contribution >= 4 is 10.0 Å². The van der Waals surface area contributed by atoms with Gasteiger partial charge in [0.05, 0.1) is 12.0 Å². The molecule has 25 heavy (non-hydrogen) atoms. The van der Waals surface area contributed by atoms with Crippen LogP contribution in [0, 0.1) is 0 Å². The van der Waals surface area contributed by atoms with Gasteiger partial charge >= 0.3 is 0 Å². The van der Waals surface area contributed by atoms with Gasteiger partial charge < -0.3 is 4.74 Å². The van der Waals surface area contributed by atoms with Crippen molar-refractivity contribution in [3.8, 4) is 5.75 Å². The van der Waals surface area contributed by atoms with Crippen LogP contribution in [0.4, 0.5) is 0 Å². The number of methoxy groups -OCH3 is 1. The highest BCUT2D eigenvalue weighted by Crippen LogP contribution is 2.30. The molecule has 1 unspecified atom stereocenters. The molecule has 134 valence electrons. The van der Waals surface area contributed by atoms with Crippen LogP contribution in [0.5, 0.6) is 5.75 Å². The number of hydrogen-bond acceptors (Lipinski definition) is 4. The van der Waals surface area contributed by atoms with Gasteiger partial charge in [-0.1, -0.05) is 36.4 Å². The molecule has 0 aliphatic carbocycles. The molecule has 0 N–H and O–H groups in total. The predicted molar refractivity (Wildman–Crippen MR) is 98.2 cm³/mol. The van der Waals surface area contributed by atoms with Gasteiger partial charge in [0.25, 0.3) is 0 Å². The third kappa shape index (κ3) is 3.71. The Morgan fingerprint density at radius 2 is 1.52 bits per heavy atom. The van der Waals surface area contributed by atoms with E-state index in [2.05, 4.69) is 17.9 Å². The zero-order chi connectivity index (χ0) is 17.9. The summed E-state index contributed by atoms with van der Waals surface area (Å²) in [6, 6.07) is 16.8. The van der Waals surface area contributed by atoms with Gasteiger partial charge in [-0.25, -0.2) is 8.42 Å². The maximum absolute atomic E-state index is 12.7. The fourth-order valence-electron chi connectivity index (χ4n) is 3.28. The molecule has 0 aromatic heterocycles. The van der Waals surface area contributed by atoms with E-state index in [1.807, 2.05) is 24.3 Å². The first-order valence-electron chi connectivity index (χ1n) is 8.46. The molecular weight excluding hydrogens is 336 g/mol. The highest BCUT2D eigenvalue weighted by Gasteiger charge is 2.30. The van der Waals surface area contributed by atoms with Gasteiger partial charge in [0, 0.05) is 37.8 Å². The summed E-state index contributed by atoms with van der Waals surface area (Å²) < 4.78 is 32.5. The Labute approximate surface area is 149 Å². The third-order valence-electron chi connectivity index (χ3n) is 4.79. The standard InChI is InChI=1S/C19H24N2O3S/c1-16(18-10-6-7-11-19(18)24-2)20-12-14-21(15-13-20)25(22,23)17-8-4-3-5-9-17/h3-11,16H,12-15H2,1-2H3. The van der Waals surface area contributed by atoms with Crippen LogP contribution in [0.1, 0.15) is 18.5 Å². The number of sulfonamides is 1. The van der Waals surface area contributed by atoms with Crippen LogP contribution in [-0.4, -0.2) is 50.9 Å². The van der Waals surface area contributed by atoms with Crippen molar-refractivity contribution in [2.24, 2.45) is 0 Å².